The lowest BCUT2D eigenvalue weighted by molar-refractivity contribution is -0.123. The third-order valence-electron chi connectivity index (χ3n) is 6.61. The van der Waals surface area contributed by atoms with Crippen LogP contribution in [0.4, 0.5) is 11.4 Å². The number of carbonyl (C=O) groups is 2. The van der Waals surface area contributed by atoms with Gasteiger partial charge in [0.1, 0.15) is 11.5 Å². The van der Waals surface area contributed by atoms with Gasteiger partial charge in [-0.1, -0.05) is 27.7 Å². The molecule has 2 amide bonds. The van der Waals surface area contributed by atoms with Crippen molar-refractivity contribution < 1.29 is 29.3 Å². The van der Waals surface area contributed by atoms with Gasteiger partial charge in [-0.2, -0.15) is 0 Å². The number of methoxy groups -OCH3 is 2. The van der Waals surface area contributed by atoms with E-state index in [1.165, 1.54) is 14.2 Å². The van der Waals surface area contributed by atoms with Crippen LogP contribution in [-0.4, -0.2) is 45.4 Å². The minimum Gasteiger partial charge on any atom is -0.497 e. The first-order valence-corrected chi connectivity index (χ1v) is 13.7. The number of aromatic nitrogens is 2. The number of benzene rings is 2. The Bertz CT molecular complexity index is 1560. The SMILES string of the molecule is COc1ccc2c(c1)c(N=NC(=O)CCC(=O)N=Nc1c(O)n(CC(C)C)c3ccc(OC)cc13)c(O)n2CC(C)C. The van der Waals surface area contributed by atoms with E-state index in [-0.39, 0.29) is 47.8 Å². The van der Waals surface area contributed by atoms with Crippen LogP contribution in [0.5, 0.6) is 23.3 Å². The smallest absolute Gasteiger partial charge is 0.265 e. The highest BCUT2D eigenvalue weighted by Crippen LogP contribution is 2.42. The number of amides is 2. The van der Waals surface area contributed by atoms with E-state index >= 15 is 0 Å². The third kappa shape index (κ3) is 6.42. The molecule has 0 aliphatic rings. The Morgan fingerprint density at radius 3 is 1.43 bits per heavy atom. The van der Waals surface area contributed by atoms with Crippen molar-refractivity contribution in [2.24, 2.45) is 32.3 Å². The van der Waals surface area contributed by atoms with Crippen LogP contribution >= 0.6 is 0 Å². The molecule has 0 spiro atoms. The molecule has 222 valence electrons. The summed E-state index contributed by atoms with van der Waals surface area (Å²) in [5.41, 5.74) is 1.75. The number of carbonyl (C=O) groups excluding carboxylic acids is 2. The number of hydrogen-bond donors (Lipinski definition) is 2. The fourth-order valence-corrected chi connectivity index (χ4v) is 4.68. The molecule has 0 unspecified atom stereocenters. The van der Waals surface area contributed by atoms with Crippen molar-refractivity contribution in [2.45, 2.75) is 53.6 Å². The van der Waals surface area contributed by atoms with Gasteiger partial charge in [-0.3, -0.25) is 9.59 Å². The molecule has 0 bridgehead atoms. The largest absolute Gasteiger partial charge is 0.497 e. The Morgan fingerprint density at radius 1 is 0.714 bits per heavy atom. The Labute approximate surface area is 243 Å². The molecule has 4 rings (SSSR count). The number of rotatable bonds is 11. The van der Waals surface area contributed by atoms with Gasteiger partial charge in [-0.15, -0.1) is 20.5 Å². The fourth-order valence-electron chi connectivity index (χ4n) is 4.68. The molecule has 2 heterocycles. The van der Waals surface area contributed by atoms with Crippen LogP contribution in [0.1, 0.15) is 40.5 Å². The first-order valence-electron chi connectivity index (χ1n) is 13.7. The van der Waals surface area contributed by atoms with E-state index in [1.807, 2.05) is 39.8 Å². The predicted molar refractivity (Wildman–Crippen MR) is 158 cm³/mol. The lowest BCUT2D eigenvalue weighted by Crippen LogP contribution is -2.03. The summed E-state index contributed by atoms with van der Waals surface area (Å²) in [5, 5.41) is 38.4. The van der Waals surface area contributed by atoms with E-state index in [1.54, 1.807) is 33.4 Å². The minimum absolute atomic E-state index is 0.110. The monoisotopic (exact) mass is 576 g/mol. The van der Waals surface area contributed by atoms with Crippen molar-refractivity contribution in [3.63, 3.8) is 0 Å². The minimum atomic E-state index is -0.660. The van der Waals surface area contributed by atoms with E-state index < -0.39 is 11.8 Å². The summed E-state index contributed by atoms with van der Waals surface area (Å²) in [6, 6.07) is 10.6. The van der Waals surface area contributed by atoms with E-state index in [0.717, 1.165) is 11.0 Å². The molecule has 0 aliphatic carbocycles. The molecule has 2 aromatic heterocycles. The highest BCUT2D eigenvalue weighted by atomic mass is 16.5. The maximum absolute atomic E-state index is 12.5. The summed E-state index contributed by atoms with van der Waals surface area (Å²) in [6.07, 6.45) is -0.518. The van der Waals surface area contributed by atoms with Crippen LogP contribution in [0.2, 0.25) is 0 Å². The van der Waals surface area contributed by atoms with E-state index in [0.29, 0.717) is 35.4 Å². The summed E-state index contributed by atoms with van der Waals surface area (Å²) in [5.74, 6) is 0.0904. The van der Waals surface area contributed by atoms with Gasteiger partial charge in [0.15, 0.2) is 11.4 Å². The average Bonchev–Trinajstić information content (AvgIpc) is 3.37. The van der Waals surface area contributed by atoms with Gasteiger partial charge in [0.2, 0.25) is 11.8 Å². The standard InChI is InChI=1S/C30H36N6O6/c1-17(2)15-35-23-9-7-19(41-5)13-21(23)27(29(35)39)33-31-25(37)11-12-26(38)32-34-28-22-14-20(42-6)8-10-24(22)36(30(28)40)16-18(3)4/h7-10,13-14,17-18,39-40H,11-12,15-16H2,1-6H3. The number of ether oxygens (including phenoxy) is 2. The molecule has 0 atom stereocenters. The highest BCUT2D eigenvalue weighted by molar-refractivity contribution is 5.97. The molecule has 12 heteroatoms. The van der Waals surface area contributed by atoms with Gasteiger partial charge < -0.3 is 28.8 Å². The number of fused-ring (bicyclic) bond motifs is 2. The van der Waals surface area contributed by atoms with E-state index in [4.69, 9.17) is 9.47 Å². The van der Waals surface area contributed by atoms with Gasteiger partial charge in [0.25, 0.3) is 11.8 Å². The van der Waals surface area contributed by atoms with Gasteiger partial charge in [-0.05, 0) is 48.2 Å². The van der Waals surface area contributed by atoms with Crippen LogP contribution in [0.25, 0.3) is 21.8 Å². The van der Waals surface area contributed by atoms with Crippen molar-refractivity contribution in [1.29, 1.82) is 0 Å². The maximum atomic E-state index is 12.5. The van der Waals surface area contributed by atoms with Crippen LogP contribution < -0.4 is 9.47 Å². The Morgan fingerprint density at radius 2 is 1.10 bits per heavy atom. The topological polar surface area (TPSA) is 152 Å². The summed E-state index contributed by atoms with van der Waals surface area (Å²) in [6.45, 7) is 9.17. The van der Waals surface area contributed by atoms with Crippen LogP contribution in [-0.2, 0) is 22.7 Å². The first kappa shape index (κ1) is 30.2. The third-order valence-corrected chi connectivity index (χ3v) is 6.61. The van der Waals surface area contributed by atoms with Crippen molar-refractivity contribution in [3.8, 4) is 23.3 Å². The lowest BCUT2D eigenvalue weighted by Gasteiger charge is -2.09. The lowest BCUT2D eigenvalue weighted by atomic mass is 10.2. The quantitative estimate of drug-likeness (QED) is 0.183. The van der Waals surface area contributed by atoms with Crippen molar-refractivity contribution in [1.82, 2.24) is 9.13 Å². The first-order chi connectivity index (χ1) is 20.0. The zero-order valence-electron chi connectivity index (χ0n) is 24.7. The second kappa shape index (κ2) is 12.8. The summed E-state index contributed by atoms with van der Waals surface area (Å²) in [4.78, 5) is 25.0. The second-order valence-corrected chi connectivity index (χ2v) is 10.8. The molecular formula is C30H36N6O6. The number of hydrogen-bond acceptors (Lipinski definition) is 8. The number of aromatic hydroxyl groups is 2. The maximum Gasteiger partial charge on any atom is 0.265 e. The second-order valence-electron chi connectivity index (χ2n) is 10.8. The Balaban J connectivity index is 1.50. The fraction of sp³-hybridized carbons (Fsp3) is 0.400. The molecule has 2 aromatic carbocycles. The van der Waals surface area contributed by atoms with Crippen molar-refractivity contribution in [2.75, 3.05) is 14.2 Å². The van der Waals surface area contributed by atoms with Crippen LogP contribution in [0, 0.1) is 11.8 Å². The normalized spacial score (nSPS) is 12.1. The molecule has 42 heavy (non-hydrogen) atoms. The molecule has 2 N–H and O–H groups in total. The Hall–Kier alpha value is -4.74. The summed E-state index contributed by atoms with van der Waals surface area (Å²) < 4.78 is 14.0. The van der Waals surface area contributed by atoms with Gasteiger partial charge >= 0.3 is 0 Å². The summed E-state index contributed by atoms with van der Waals surface area (Å²) in [7, 11) is 3.07. The molecule has 0 aliphatic heterocycles. The zero-order valence-corrected chi connectivity index (χ0v) is 24.7. The molecule has 0 saturated heterocycles. The highest BCUT2D eigenvalue weighted by Gasteiger charge is 2.20. The molecule has 4 aromatic rings. The Kier molecular flexibility index (Phi) is 9.24. The van der Waals surface area contributed by atoms with E-state index in [2.05, 4.69) is 20.5 Å². The van der Waals surface area contributed by atoms with Crippen molar-refractivity contribution in [3.05, 3.63) is 36.4 Å². The molecule has 12 nitrogen and oxygen atoms in total. The summed E-state index contributed by atoms with van der Waals surface area (Å²) >= 11 is 0. The number of nitrogens with zero attached hydrogens (tertiary/aromatic N) is 6. The van der Waals surface area contributed by atoms with Crippen LogP contribution in [0.3, 0.4) is 0 Å². The van der Waals surface area contributed by atoms with Crippen LogP contribution in [0.15, 0.2) is 56.9 Å². The number of azo groups is 2. The zero-order chi connectivity index (χ0) is 30.6. The molecular weight excluding hydrogens is 540 g/mol. The van der Waals surface area contributed by atoms with Gasteiger partial charge in [0, 0.05) is 36.7 Å². The average molecular weight is 577 g/mol. The molecule has 0 fully saturated rings. The van der Waals surface area contributed by atoms with Gasteiger partial charge in [0.05, 0.1) is 25.3 Å². The van der Waals surface area contributed by atoms with E-state index in [9.17, 15) is 19.8 Å². The molecule has 0 saturated carbocycles. The van der Waals surface area contributed by atoms with Crippen molar-refractivity contribution >= 4 is 45.0 Å². The van der Waals surface area contributed by atoms with Gasteiger partial charge in [-0.25, -0.2) is 0 Å². The molecule has 0 radical (unpaired) electrons. The predicted octanol–water partition coefficient (Wildman–Crippen LogP) is 7.04.